The Labute approximate surface area is 133 Å². The van der Waals surface area contributed by atoms with Crippen molar-refractivity contribution in [3.8, 4) is 0 Å². The number of nitrogens with one attached hydrogen (secondary N) is 1. The van der Waals surface area contributed by atoms with Gasteiger partial charge in [0.25, 0.3) is 5.91 Å². The number of ketones is 1. The molecule has 122 valence electrons. The zero-order valence-electron chi connectivity index (χ0n) is 13.4. The van der Waals surface area contributed by atoms with E-state index in [0.717, 1.165) is 32.1 Å². The number of nitrogens with zero attached hydrogens (tertiary/aromatic N) is 1. The molecule has 3 aliphatic rings. The minimum Gasteiger partial charge on any atom is -0.346 e. The van der Waals surface area contributed by atoms with Crippen molar-refractivity contribution in [1.82, 2.24) is 5.32 Å². The fraction of sp³-hybridized carbons (Fsp3) is 0.833. The molecule has 0 aromatic rings. The molecule has 3 rings (SSSR count). The third-order valence-electron chi connectivity index (χ3n) is 5.68. The predicted molar refractivity (Wildman–Crippen MR) is 87.0 cm³/mol. The Morgan fingerprint density at radius 3 is 2.36 bits per heavy atom. The summed E-state index contributed by atoms with van der Waals surface area (Å²) in [7, 11) is 0. The molecule has 1 aliphatic heterocycles. The summed E-state index contributed by atoms with van der Waals surface area (Å²) in [5.74, 6) is 0.781. The number of fused-ring (bicyclic) bond motifs is 1. The fourth-order valence-corrected chi connectivity index (χ4v) is 4.38. The van der Waals surface area contributed by atoms with Gasteiger partial charge in [-0.15, -0.1) is 0 Å². The normalized spacial score (nSPS) is 34.0. The number of hydrogen-bond donors (Lipinski definition) is 1. The SMILES string of the molecule is O=C1C=NC2CCC(C(=O)C3CCCCCCCC3)CC2N1. The quantitative estimate of drug-likeness (QED) is 0.852. The Bertz CT molecular complexity index is 436. The van der Waals surface area contributed by atoms with E-state index in [4.69, 9.17) is 0 Å². The number of amides is 1. The highest BCUT2D eigenvalue weighted by molar-refractivity contribution is 6.26. The van der Waals surface area contributed by atoms with Gasteiger partial charge in [0.15, 0.2) is 0 Å². The fourth-order valence-electron chi connectivity index (χ4n) is 4.38. The van der Waals surface area contributed by atoms with Gasteiger partial charge in [-0.1, -0.05) is 38.5 Å². The molecule has 0 aromatic heterocycles. The highest BCUT2D eigenvalue weighted by atomic mass is 16.2. The highest BCUT2D eigenvalue weighted by Crippen LogP contribution is 2.33. The number of carbonyl (C=O) groups is 2. The van der Waals surface area contributed by atoms with E-state index in [-0.39, 0.29) is 29.8 Å². The molecule has 1 amide bonds. The molecule has 0 aromatic carbocycles. The molecule has 3 atom stereocenters. The van der Waals surface area contributed by atoms with Gasteiger partial charge >= 0.3 is 0 Å². The van der Waals surface area contributed by atoms with E-state index >= 15 is 0 Å². The Hall–Kier alpha value is -1.19. The Morgan fingerprint density at radius 2 is 1.64 bits per heavy atom. The number of carbonyl (C=O) groups excluding carboxylic acids is 2. The van der Waals surface area contributed by atoms with E-state index in [0.29, 0.717) is 5.78 Å². The molecule has 1 N–H and O–H groups in total. The molecule has 2 fully saturated rings. The van der Waals surface area contributed by atoms with Crippen LogP contribution in [0.3, 0.4) is 0 Å². The number of aliphatic imine (C=N–C) groups is 1. The monoisotopic (exact) mass is 304 g/mol. The molecule has 2 saturated carbocycles. The van der Waals surface area contributed by atoms with Gasteiger partial charge < -0.3 is 5.32 Å². The second-order valence-corrected chi connectivity index (χ2v) is 7.27. The summed E-state index contributed by atoms with van der Waals surface area (Å²) >= 11 is 0. The minimum absolute atomic E-state index is 0.0801. The third-order valence-corrected chi connectivity index (χ3v) is 5.68. The highest BCUT2D eigenvalue weighted by Gasteiger charge is 2.37. The maximum absolute atomic E-state index is 12.9. The molecule has 0 saturated heterocycles. The smallest absolute Gasteiger partial charge is 0.262 e. The average molecular weight is 304 g/mol. The van der Waals surface area contributed by atoms with E-state index in [1.807, 2.05) is 0 Å². The third kappa shape index (κ3) is 3.76. The summed E-state index contributed by atoms with van der Waals surface area (Å²) in [5.41, 5.74) is 0. The second kappa shape index (κ2) is 7.38. The molecular formula is C18H28N2O2. The molecule has 3 unspecified atom stereocenters. The number of hydrogen-bond acceptors (Lipinski definition) is 3. The second-order valence-electron chi connectivity index (χ2n) is 7.27. The van der Waals surface area contributed by atoms with Gasteiger partial charge in [0.1, 0.15) is 5.78 Å². The van der Waals surface area contributed by atoms with Crippen molar-refractivity contribution in [2.45, 2.75) is 82.7 Å². The van der Waals surface area contributed by atoms with Crippen LogP contribution in [0.25, 0.3) is 0 Å². The van der Waals surface area contributed by atoms with Crippen LogP contribution in [0, 0.1) is 11.8 Å². The van der Waals surface area contributed by atoms with Crippen molar-refractivity contribution in [1.29, 1.82) is 0 Å². The van der Waals surface area contributed by atoms with Gasteiger partial charge in [0.05, 0.1) is 18.3 Å². The lowest BCUT2D eigenvalue weighted by Crippen LogP contribution is -2.51. The van der Waals surface area contributed by atoms with E-state index in [1.165, 1.54) is 44.7 Å². The van der Waals surface area contributed by atoms with Crippen LogP contribution >= 0.6 is 0 Å². The van der Waals surface area contributed by atoms with Crippen LogP contribution in [0.4, 0.5) is 0 Å². The van der Waals surface area contributed by atoms with E-state index in [1.54, 1.807) is 0 Å². The van der Waals surface area contributed by atoms with Gasteiger partial charge in [0, 0.05) is 11.8 Å². The standard InChI is InChI=1S/C18H28N2O2/c21-17-12-19-15-10-9-14(11-16(15)20-17)18(22)13-7-5-3-1-2-4-6-8-13/h12-16H,1-11H2,(H,20,21). The molecular weight excluding hydrogens is 276 g/mol. The Morgan fingerprint density at radius 1 is 0.955 bits per heavy atom. The number of Topliss-reactive ketones (excluding diaryl/α,β-unsaturated/α-hetero) is 1. The Balaban J connectivity index is 1.59. The largest absolute Gasteiger partial charge is 0.346 e. The van der Waals surface area contributed by atoms with Crippen molar-refractivity contribution < 1.29 is 9.59 Å². The van der Waals surface area contributed by atoms with Crippen LogP contribution in [0.5, 0.6) is 0 Å². The summed E-state index contributed by atoms with van der Waals surface area (Å²) in [6.45, 7) is 0. The first-order chi connectivity index (χ1) is 10.7. The van der Waals surface area contributed by atoms with E-state index < -0.39 is 0 Å². The molecule has 22 heavy (non-hydrogen) atoms. The Kier molecular flexibility index (Phi) is 5.27. The summed E-state index contributed by atoms with van der Waals surface area (Å²) in [5, 5.41) is 3.00. The van der Waals surface area contributed by atoms with Crippen LogP contribution in [-0.2, 0) is 9.59 Å². The average Bonchev–Trinajstić information content (AvgIpc) is 2.67. The van der Waals surface area contributed by atoms with Crippen LogP contribution in [0.2, 0.25) is 0 Å². The molecule has 0 bridgehead atoms. The lowest BCUT2D eigenvalue weighted by Gasteiger charge is -2.36. The number of rotatable bonds is 2. The lowest BCUT2D eigenvalue weighted by atomic mass is 9.75. The zero-order chi connectivity index (χ0) is 15.4. The maximum atomic E-state index is 12.9. The van der Waals surface area contributed by atoms with Crippen LogP contribution in [-0.4, -0.2) is 30.0 Å². The first-order valence-corrected chi connectivity index (χ1v) is 9.11. The van der Waals surface area contributed by atoms with Crippen molar-refractivity contribution >= 4 is 17.9 Å². The first kappa shape index (κ1) is 15.7. The van der Waals surface area contributed by atoms with E-state index in [2.05, 4.69) is 10.3 Å². The molecule has 0 spiro atoms. The topological polar surface area (TPSA) is 58.5 Å². The molecule has 4 heteroatoms. The summed E-state index contributed by atoms with van der Waals surface area (Å²) in [6.07, 6.45) is 13.9. The van der Waals surface area contributed by atoms with Crippen molar-refractivity contribution in [2.24, 2.45) is 16.8 Å². The predicted octanol–water partition coefficient (Wildman–Crippen LogP) is 3.04. The maximum Gasteiger partial charge on any atom is 0.262 e. The summed E-state index contributed by atoms with van der Waals surface area (Å²) in [6, 6.07) is 0.277. The van der Waals surface area contributed by atoms with Gasteiger partial charge in [0.2, 0.25) is 0 Å². The van der Waals surface area contributed by atoms with Gasteiger partial charge in [-0.05, 0) is 32.1 Å². The van der Waals surface area contributed by atoms with Crippen LogP contribution in [0.15, 0.2) is 4.99 Å². The molecule has 4 nitrogen and oxygen atoms in total. The summed E-state index contributed by atoms with van der Waals surface area (Å²) in [4.78, 5) is 28.7. The van der Waals surface area contributed by atoms with Gasteiger partial charge in [-0.3, -0.25) is 14.6 Å². The van der Waals surface area contributed by atoms with Crippen molar-refractivity contribution in [3.63, 3.8) is 0 Å². The van der Waals surface area contributed by atoms with Crippen molar-refractivity contribution in [3.05, 3.63) is 0 Å². The lowest BCUT2D eigenvalue weighted by molar-refractivity contribution is -0.129. The van der Waals surface area contributed by atoms with Crippen LogP contribution < -0.4 is 5.32 Å². The molecule has 2 aliphatic carbocycles. The molecule has 1 heterocycles. The molecule has 0 radical (unpaired) electrons. The minimum atomic E-state index is -0.100. The van der Waals surface area contributed by atoms with Crippen molar-refractivity contribution in [2.75, 3.05) is 0 Å². The van der Waals surface area contributed by atoms with E-state index in [9.17, 15) is 9.59 Å². The summed E-state index contributed by atoms with van der Waals surface area (Å²) < 4.78 is 0. The van der Waals surface area contributed by atoms with Crippen LogP contribution in [0.1, 0.15) is 70.6 Å². The first-order valence-electron chi connectivity index (χ1n) is 9.11. The van der Waals surface area contributed by atoms with Gasteiger partial charge in [-0.25, -0.2) is 0 Å². The zero-order valence-corrected chi connectivity index (χ0v) is 13.4. The van der Waals surface area contributed by atoms with Gasteiger partial charge in [-0.2, -0.15) is 0 Å².